The Morgan fingerprint density at radius 1 is 1.50 bits per heavy atom. The van der Waals surface area contributed by atoms with Gasteiger partial charge in [0.1, 0.15) is 0 Å². The summed E-state index contributed by atoms with van der Waals surface area (Å²) in [5.74, 6) is 0. The van der Waals surface area contributed by atoms with Gasteiger partial charge in [-0.2, -0.15) is 0 Å². The van der Waals surface area contributed by atoms with Gasteiger partial charge in [0, 0.05) is 32.3 Å². The molecule has 1 heterocycles. The molecule has 1 fully saturated rings. The summed E-state index contributed by atoms with van der Waals surface area (Å²) in [4.78, 5) is 12.5. The molecule has 1 saturated heterocycles. The third kappa shape index (κ3) is 2.85. The Bertz CT molecular complexity index is 200. The molecule has 5 nitrogen and oxygen atoms in total. The zero-order valence-corrected chi connectivity index (χ0v) is 8.66. The number of urea groups is 1. The molecule has 0 radical (unpaired) electrons. The van der Waals surface area contributed by atoms with E-state index in [0.29, 0.717) is 19.7 Å². The first-order valence-electron chi connectivity index (χ1n) is 4.90. The maximum Gasteiger partial charge on any atom is 0.314 e. The van der Waals surface area contributed by atoms with Crippen molar-refractivity contribution in [1.82, 2.24) is 4.90 Å². The van der Waals surface area contributed by atoms with Gasteiger partial charge in [-0.3, -0.25) is 0 Å². The number of ether oxygens (including phenoxy) is 1. The second kappa shape index (κ2) is 4.61. The van der Waals surface area contributed by atoms with E-state index >= 15 is 0 Å². The van der Waals surface area contributed by atoms with Crippen molar-refractivity contribution in [3.8, 4) is 0 Å². The van der Waals surface area contributed by atoms with Crippen molar-refractivity contribution < 1.29 is 9.53 Å². The molecule has 0 bridgehead atoms. The van der Waals surface area contributed by atoms with Gasteiger partial charge in [0.2, 0.25) is 0 Å². The first-order valence-corrected chi connectivity index (χ1v) is 4.90. The summed E-state index contributed by atoms with van der Waals surface area (Å²) in [6.07, 6.45) is 2.45. The molecule has 0 unspecified atom stereocenters. The molecule has 5 heteroatoms. The highest BCUT2D eigenvalue weighted by molar-refractivity contribution is 5.72. The van der Waals surface area contributed by atoms with Crippen LogP contribution in [0, 0.1) is 0 Å². The summed E-state index contributed by atoms with van der Waals surface area (Å²) in [5, 5.41) is 0. The first kappa shape index (κ1) is 11.3. The van der Waals surface area contributed by atoms with Crippen LogP contribution in [0.15, 0.2) is 0 Å². The highest BCUT2D eigenvalue weighted by atomic mass is 16.5. The first-order chi connectivity index (χ1) is 6.57. The lowest BCUT2D eigenvalue weighted by Crippen LogP contribution is -2.53. The van der Waals surface area contributed by atoms with Crippen LogP contribution in [0.25, 0.3) is 0 Å². The Labute approximate surface area is 84.4 Å². The molecule has 1 aliphatic rings. The fraction of sp³-hybridized carbons (Fsp3) is 0.889. The molecule has 0 aromatic heterocycles. The van der Waals surface area contributed by atoms with E-state index in [0.717, 1.165) is 19.3 Å². The minimum Gasteiger partial charge on any atom is -0.385 e. The van der Waals surface area contributed by atoms with E-state index in [2.05, 4.69) is 0 Å². The topological polar surface area (TPSA) is 81.6 Å². The lowest BCUT2D eigenvalue weighted by molar-refractivity contribution is 0.126. The van der Waals surface area contributed by atoms with Crippen LogP contribution in [-0.2, 0) is 4.74 Å². The van der Waals surface area contributed by atoms with Gasteiger partial charge >= 0.3 is 6.03 Å². The fourth-order valence-corrected chi connectivity index (χ4v) is 1.73. The molecule has 1 rings (SSSR count). The van der Waals surface area contributed by atoms with Gasteiger partial charge in [-0.25, -0.2) is 4.79 Å². The summed E-state index contributed by atoms with van der Waals surface area (Å²) in [6.45, 7) is 2.00. The predicted octanol–water partition coefficient (Wildman–Crippen LogP) is -0.105. The lowest BCUT2D eigenvalue weighted by atomic mass is 9.86. The van der Waals surface area contributed by atoms with Crippen LogP contribution >= 0.6 is 0 Å². The van der Waals surface area contributed by atoms with Gasteiger partial charge in [0.25, 0.3) is 0 Å². The SMILES string of the molecule is COCCC1(N)CCN(C(N)=O)CC1. The Morgan fingerprint density at radius 2 is 2.07 bits per heavy atom. The number of likely N-dealkylation sites (tertiary alicyclic amines) is 1. The summed E-state index contributed by atoms with van der Waals surface area (Å²) < 4.78 is 5.00. The van der Waals surface area contributed by atoms with Crippen molar-refractivity contribution in [3.05, 3.63) is 0 Å². The lowest BCUT2D eigenvalue weighted by Gasteiger charge is -2.38. The molecule has 0 spiro atoms. The maximum absolute atomic E-state index is 10.9. The van der Waals surface area contributed by atoms with Crippen LogP contribution in [0.5, 0.6) is 0 Å². The average Bonchev–Trinajstić information content (AvgIpc) is 2.16. The number of rotatable bonds is 3. The summed E-state index contributed by atoms with van der Waals surface area (Å²) in [7, 11) is 1.67. The molecule has 14 heavy (non-hydrogen) atoms. The van der Waals surface area contributed by atoms with Crippen LogP contribution in [0.2, 0.25) is 0 Å². The average molecular weight is 201 g/mol. The van der Waals surface area contributed by atoms with E-state index < -0.39 is 0 Å². The predicted molar refractivity (Wildman–Crippen MR) is 53.8 cm³/mol. The Kier molecular flexibility index (Phi) is 3.71. The highest BCUT2D eigenvalue weighted by Gasteiger charge is 2.31. The van der Waals surface area contributed by atoms with E-state index in [4.69, 9.17) is 16.2 Å². The molecule has 0 saturated carbocycles. The Morgan fingerprint density at radius 3 is 2.50 bits per heavy atom. The van der Waals surface area contributed by atoms with E-state index in [1.165, 1.54) is 0 Å². The van der Waals surface area contributed by atoms with Crippen LogP contribution in [0.4, 0.5) is 4.79 Å². The summed E-state index contributed by atoms with van der Waals surface area (Å²) >= 11 is 0. The molecule has 0 aliphatic carbocycles. The Hall–Kier alpha value is -0.810. The summed E-state index contributed by atoms with van der Waals surface area (Å²) in [6, 6.07) is -0.348. The van der Waals surface area contributed by atoms with E-state index in [1.54, 1.807) is 12.0 Å². The minimum atomic E-state index is -0.348. The molecule has 82 valence electrons. The van der Waals surface area contributed by atoms with Gasteiger partial charge < -0.3 is 21.1 Å². The van der Waals surface area contributed by atoms with Gasteiger partial charge in [-0.05, 0) is 19.3 Å². The maximum atomic E-state index is 10.9. The van der Waals surface area contributed by atoms with E-state index in [-0.39, 0.29) is 11.6 Å². The minimum absolute atomic E-state index is 0.179. The van der Waals surface area contributed by atoms with Crippen molar-refractivity contribution in [2.75, 3.05) is 26.8 Å². The standard InChI is InChI=1S/C9H19N3O2/c1-14-7-4-9(11)2-5-12(6-3-9)8(10)13/h2-7,11H2,1H3,(H2,10,13). The number of amides is 2. The number of nitrogens with zero attached hydrogens (tertiary/aromatic N) is 1. The molecule has 2 amide bonds. The van der Waals surface area contributed by atoms with Crippen molar-refractivity contribution in [2.24, 2.45) is 11.5 Å². The van der Waals surface area contributed by atoms with Crippen molar-refractivity contribution >= 4 is 6.03 Å². The quantitative estimate of drug-likeness (QED) is 0.668. The number of carbonyl (C=O) groups is 1. The smallest absolute Gasteiger partial charge is 0.314 e. The van der Waals surface area contributed by atoms with Gasteiger partial charge in [0.15, 0.2) is 0 Å². The third-order valence-corrected chi connectivity index (χ3v) is 2.87. The Balaban J connectivity index is 2.36. The van der Waals surface area contributed by atoms with Crippen molar-refractivity contribution in [2.45, 2.75) is 24.8 Å². The van der Waals surface area contributed by atoms with Gasteiger partial charge in [-0.15, -0.1) is 0 Å². The van der Waals surface area contributed by atoms with Crippen LogP contribution in [0.3, 0.4) is 0 Å². The zero-order chi connectivity index (χ0) is 10.6. The van der Waals surface area contributed by atoms with E-state index in [9.17, 15) is 4.79 Å². The fourth-order valence-electron chi connectivity index (χ4n) is 1.73. The number of piperidine rings is 1. The summed E-state index contributed by atoms with van der Waals surface area (Å²) in [5.41, 5.74) is 11.1. The van der Waals surface area contributed by atoms with Crippen LogP contribution in [-0.4, -0.2) is 43.3 Å². The number of hydrogen-bond acceptors (Lipinski definition) is 3. The molecule has 4 N–H and O–H groups in total. The normalized spacial score (nSPS) is 20.9. The number of methoxy groups -OCH3 is 1. The van der Waals surface area contributed by atoms with Crippen LogP contribution in [0.1, 0.15) is 19.3 Å². The molecule has 0 aromatic rings. The number of carbonyl (C=O) groups excluding carboxylic acids is 1. The molecule has 0 atom stereocenters. The monoisotopic (exact) mass is 201 g/mol. The molecule has 1 aliphatic heterocycles. The number of nitrogens with two attached hydrogens (primary N) is 2. The largest absolute Gasteiger partial charge is 0.385 e. The molecular formula is C9H19N3O2. The number of primary amides is 1. The van der Waals surface area contributed by atoms with Crippen molar-refractivity contribution in [1.29, 1.82) is 0 Å². The highest BCUT2D eigenvalue weighted by Crippen LogP contribution is 2.22. The molecular weight excluding hydrogens is 182 g/mol. The van der Waals surface area contributed by atoms with Crippen LogP contribution < -0.4 is 11.5 Å². The molecule has 0 aromatic carbocycles. The van der Waals surface area contributed by atoms with Gasteiger partial charge in [0.05, 0.1) is 0 Å². The van der Waals surface area contributed by atoms with Gasteiger partial charge in [-0.1, -0.05) is 0 Å². The number of hydrogen-bond donors (Lipinski definition) is 2. The van der Waals surface area contributed by atoms with Crippen molar-refractivity contribution in [3.63, 3.8) is 0 Å². The second-order valence-corrected chi connectivity index (χ2v) is 3.93. The van der Waals surface area contributed by atoms with E-state index in [1.807, 2.05) is 0 Å². The third-order valence-electron chi connectivity index (χ3n) is 2.87. The zero-order valence-electron chi connectivity index (χ0n) is 8.66. The second-order valence-electron chi connectivity index (χ2n) is 3.93.